The molecule has 0 aliphatic rings. The molecule has 0 saturated carbocycles. The van der Waals surface area contributed by atoms with Crippen LogP contribution >= 0.6 is 11.3 Å². The fourth-order valence-electron chi connectivity index (χ4n) is 1.18. The van der Waals surface area contributed by atoms with Gasteiger partial charge in [-0.2, -0.15) is 8.42 Å². The fraction of sp³-hybridized carbons (Fsp3) is 0.222. The lowest BCUT2D eigenvalue weighted by Crippen LogP contribution is -2.07. The summed E-state index contributed by atoms with van der Waals surface area (Å²) >= 11 is 1.28. The van der Waals surface area contributed by atoms with Gasteiger partial charge in [0.2, 0.25) is 0 Å². The van der Waals surface area contributed by atoms with E-state index in [9.17, 15) is 12.8 Å². The Labute approximate surface area is 101 Å². The quantitative estimate of drug-likeness (QED) is 0.714. The Balaban J connectivity index is 0.000000249. The van der Waals surface area contributed by atoms with E-state index in [4.69, 9.17) is 9.96 Å². The minimum Gasteiger partial charge on any atom is -0.318 e. The molecule has 1 aromatic carbocycles. The molecule has 1 heterocycles. The summed E-state index contributed by atoms with van der Waals surface area (Å²) in [6.45, 7) is 0. The number of thiazole rings is 1. The van der Waals surface area contributed by atoms with E-state index >= 15 is 0 Å². The van der Waals surface area contributed by atoms with Crippen LogP contribution in [0.1, 0.15) is 0 Å². The predicted molar refractivity (Wildman–Crippen MR) is 64.1 cm³/mol. The third kappa shape index (κ3) is 3.91. The summed E-state index contributed by atoms with van der Waals surface area (Å²) in [5.74, 6) is -0.259. The highest BCUT2D eigenvalue weighted by molar-refractivity contribution is 7.85. The van der Waals surface area contributed by atoms with Gasteiger partial charge in [-0.3, -0.25) is 9.96 Å². The molecule has 2 aromatic rings. The summed E-state index contributed by atoms with van der Waals surface area (Å²) in [4.78, 5) is 0.370. The van der Waals surface area contributed by atoms with Gasteiger partial charge in [0.25, 0.3) is 10.1 Å². The molecule has 8 heteroatoms. The molecular formula is C9H11FN2O3S2. The average Bonchev–Trinajstić information content (AvgIpc) is 2.41. The summed E-state index contributed by atoms with van der Waals surface area (Å²) in [6, 6.07) is 4.89. The molecule has 94 valence electrons. The highest BCUT2D eigenvalue weighted by Crippen LogP contribution is 2.18. The number of nitrogens with zero attached hydrogens (tertiary/aromatic N) is 1. The van der Waals surface area contributed by atoms with Crippen LogP contribution < -0.4 is 4.80 Å². The Morgan fingerprint density at radius 1 is 1.47 bits per heavy atom. The number of halogens is 1. The standard InChI is InChI=1S/C8H7FN2S.CH4O3S/c1-11-7-5(9)3-2-4-6(7)12-8(11)10;1-5(2,3)4/h2-4,10H,1H3;1H3,(H,2,3,4). The van der Waals surface area contributed by atoms with E-state index in [2.05, 4.69) is 0 Å². The first kappa shape index (κ1) is 13.8. The molecular weight excluding hydrogens is 267 g/mol. The minimum atomic E-state index is -3.67. The van der Waals surface area contributed by atoms with Crippen LogP contribution in [0.15, 0.2) is 18.2 Å². The molecule has 2 N–H and O–H groups in total. The lowest BCUT2D eigenvalue weighted by atomic mass is 10.3. The molecule has 0 unspecified atom stereocenters. The maximum Gasteiger partial charge on any atom is 0.261 e. The third-order valence-corrected chi connectivity index (χ3v) is 2.81. The van der Waals surface area contributed by atoms with Crippen molar-refractivity contribution >= 4 is 31.7 Å². The van der Waals surface area contributed by atoms with Gasteiger partial charge < -0.3 is 4.57 Å². The Morgan fingerprint density at radius 2 is 2.00 bits per heavy atom. The molecule has 0 fully saturated rings. The van der Waals surface area contributed by atoms with Crippen LogP contribution in [0.3, 0.4) is 0 Å². The van der Waals surface area contributed by atoms with Crippen molar-refractivity contribution in [3.63, 3.8) is 0 Å². The summed E-state index contributed by atoms with van der Waals surface area (Å²) in [6.07, 6.45) is 0.715. The number of para-hydroxylation sites is 1. The van der Waals surface area contributed by atoms with Crippen LogP contribution in [0, 0.1) is 11.2 Å². The summed E-state index contributed by atoms with van der Waals surface area (Å²) in [5.41, 5.74) is 0.521. The summed E-state index contributed by atoms with van der Waals surface area (Å²) in [7, 11) is -1.97. The van der Waals surface area contributed by atoms with Gasteiger partial charge in [-0.05, 0) is 12.1 Å². The number of aryl methyl sites for hydroxylation is 1. The first-order valence-corrected chi connectivity index (χ1v) is 7.07. The van der Waals surface area contributed by atoms with Crippen LogP contribution in [-0.2, 0) is 17.2 Å². The smallest absolute Gasteiger partial charge is 0.261 e. The van der Waals surface area contributed by atoms with Gasteiger partial charge in [-0.1, -0.05) is 17.4 Å². The van der Waals surface area contributed by atoms with E-state index in [0.29, 0.717) is 16.6 Å². The van der Waals surface area contributed by atoms with Crippen LogP contribution in [0.5, 0.6) is 0 Å². The third-order valence-electron chi connectivity index (χ3n) is 1.80. The van der Waals surface area contributed by atoms with Gasteiger partial charge in [-0.15, -0.1) is 0 Å². The van der Waals surface area contributed by atoms with Gasteiger partial charge in [-0.25, -0.2) is 4.39 Å². The van der Waals surface area contributed by atoms with Crippen molar-refractivity contribution in [2.45, 2.75) is 0 Å². The van der Waals surface area contributed by atoms with Gasteiger partial charge in [0.05, 0.1) is 16.5 Å². The fourth-order valence-corrected chi connectivity index (χ4v) is 2.09. The minimum absolute atomic E-state index is 0.259. The van der Waals surface area contributed by atoms with E-state index in [-0.39, 0.29) is 5.82 Å². The van der Waals surface area contributed by atoms with E-state index in [1.165, 1.54) is 17.4 Å². The zero-order chi connectivity index (χ0) is 13.2. The number of aromatic nitrogens is 1. The largest absolute Gasteiger partial charge is 0.318 e. The van der Waals surface area contributed by atoms with Gasteiger partial charge >= 0.3 is 0 Å². The second-order valence-electron chi connectivity index (χ2n) is 3.29. The lowest BCUT2D eigenvalue weighted by Gasteiger charge is -1.94. The Bertz CT molecular complexity index is 680. The van der Waals surface area contributed by atoms with Crippen LogP contribution in [-0.4, -0.2) is 23.8 Å². The lowest BCUT2D eigenvalue weighted by molar-refractivity contribution is 0.490. The van der Waals surface area contributed by atoms with Crippen molar-refractivity contribution < 1.29 is 17.4 Å². The van der Waals surface area contributed by atoms with E-state index in [1.54, 1.807) is 17.7 Å². The Morgan fingerprint density at radius 3 is 2.47 bits per heavy atom. The van der Waals surface area contributed by atoms with E-state index in [0.717, 1.165) is 4.70 Å². The summed E-state index contributed by atoms with van der Waals surface area (Å²) < 4.78 is 41.4. The molecule has 0 spiro atoms. The highest BCUT2D eigenvalue weighted by Gasteiger charge is 2.05. The van der Waals surface area contributed by atoms with Crippen molar-refractivity contribution in [2.24, 2.45) is 7.05 Å². The van der Waals surface area contributed by atoms with Crippen LogP contribution in [0.2, 0.25) is 0 Å². The van der Waals surface area contributed by atoms with Crippen molar-refractivity contribution in [3.05, 3.63) is 28.8 Å². The van der Waals surface area contributed by atoms with Crippen LogP contribution in [0.4, 0.5) is 4.39 Å². The molecule has 0 amide bonds. The van der Waals surface area contributed by atoms with Crippen molar-refractivity contribution in [1.82, 2.24) is 4.57 Å². The molecule has 17 heavy (non-hydrogen) atoms. The molecule has 0 saturated heterocycles. The normalized spacial score (nSPS) is 11.1. The molecule has 0 radical (unpaired) electrons. The molecule has 5 nitrogen and oxygen atoms in total. The second-order valence-corrected chi connectivity index (χ2v) is 5.78. The molecule has 0 aliphatic carbocycles. The number of fused-ring (bicyclic) bond motifs is 1. The average molecular weight is 278 g/mol. The van der Waals surface area contributed by atoms with Crippen molar-refractivity contribution in [1.29, 1.82) is 5.41 Å². The Hall–Kier alpha value is -1.25. The zero-order valence-electron chi connectivity index (χ0n) is 9.14. The number of hydrogen-bond donors (Lipinski definition) is 2. The van der Waals surface area contributed by atoms with Gasteiger partial charge in [0.15, 0.2) is 4.80 Å². The summed E-state index contributed by atoms with van der Waals surface area (Å²) in [5, 5.41) is 7.46. The second kappa shape index (κ2) is 4.94. The monoisotopic (exact) mass is 278 g/mol. The van der Waals surface area contributed by atoms with Crippen molar-refractivity contribution in [2.75, 3.05) is 6.26 Å². The van der Waals surface area contributed by atoms with Crippen LogP contribution in [0.25, 0.3) is 10.2 Å². The molecule has 2 rings (SSSR count). The first-order chi connectivity index (χ1) is 7.70. The SMILES string of the molecule is CS(=O)(=O)O.Cn1c(=N)sc2cccc(F)c21. The first-order valence-electron chi connectivity index (χ1n) is 4.41. The van der Waals surface area contributed by atoms with Gasteiger partial charge in [0.1, 0.15) is 5.82 Å². The topological polar surface area (TPSA) is 83.2 Å². The van der Waals surface area contributed by atoms with Crippen molar-refractivity contribution in [3.8, 4) is 0 Å². The molecule has 0 bridgehead atoms. The maximum absolute atomic E-state index is 13.2. The number of rotatable bonds is 0. The van der Waals surface area contributed by atoms with E-state index in [1.807, 2.05) is 6.07 Å². The maximum atomic E-state index is 13.2. The molecule has 0 atom stereocenters. The highest BCUT2D eigenvalue weighted by atomic mass is 32.2. The number of hydrogen-bond acceptors (Lipinski definition) is 4. The zero-order valence-corrected chi connectivity index (χ0v) is 10.8. The number of nitrogens with one attached hydrogen (secondary N) is 1. The predicted octanol–water partition coefficient (Wildman–Crippen LogP) is 1.36. The number of benzene rings is 1. The van der Waals surface area contributed by atoms with Gasteiger partial charge in [0, 0.05) is 7.05 Å². The molecule has 1 aromatic heterocycles. The van der Waals surface area contributed by atoms with E-state index < -0.39 is 10.1 Å². The Kier molecular flexibility index (Phi) is 4.02. The molecule has 0 aliphatic heterocycles.